The number of nitrogens with zero attached hydrogens (tertiary/aromatic N) is 2. The number of benzene rings is 2. The molecule has 2 aromatic carbocycles. The molecule has 2 aromatic rings. The molecule has 0 aliphatic heterocycles. The zero-order valence-corrected chi connectivity index (χ0v) is 19.8. The van der Waals surface area contributed by atoms with Crippen LogP contribution in [0.3, 0.4) is 0 Å². The molecule has 1 amide bonds. The lowest BCUT2D eigenvalue weighted by Gasteiger charge is -2.28. The molecule has 0 saturated heterocycles. The van der Waals surface area contributed by atoms with Gasteiger partial charge in [-0.15, -0.1) is 0 Å². The number of sulfonamides is 1. The second-order valence-corrected chi connectivity index (χ2v) is 9.08. The van der Waals surface area contributed by atoms with Crippen LogP contribution in [-0.2, 0) is 21.4 Å². The first kappa shape index (κ1) is 24.5. The number of rotatable bonds is 11. The predicted octanol–water partition coefficient (Wildman–Crippen LogP) is 3.40. The minimum atomic E-state index is -3.67. The third-order valence-corrected chi connectivity index (χ3v) is 6.26. The Morgan fingerprint density at radius 1 is 0.968 bits per heavy atom. The van der Waals surface area contributed by atoms with E-state index in [1.807, 2.05) is 31.2 Å². The fourth-order valence-electron chi connectivity index (χ4n) is 3.42. The molecule has 1 atom stereocenters. The van der Waals surface area contributed by atoms with Crippen molar-refractivity contribution in [3.05, 3.63) is 54.1 Å². The Morgan fingerprint density at radius 3 is 2.00 bits per heavy atom. The summed E-state index contributed by atoms with van der Waals surface area (Å²) in [5, 5.41) is 2.85. The van der Waals surface area contributed by atoms with Crippen LogP contribution in [0.15, 0.2) is 48.5 Å². The van der Waals surface area contributed by atoms with Gasteiger partial charge in [0.1, 0.15) is 11.8 Å². The van der Waals surface area contributed by atoms with Crippen LogP contribution in [0.1, 0.15) is 33.3 Å². The maximum Gasteiger partial charge on any atom is 0.243 e. The summed E-state index contributed by atoms with van der Waals surface area (Å²) in [7, 11) is -3.67. The number of carbonyl (C=O) groups excluding carboxylic acids is 1. The van der Waals surface area contributed by atoms with Crippen molar-refractivity contribution in [2.45, 2.75) is 40.3 Å². The van der Waals surface area contributed by atoms with Crippen LogP contribution >= 0.6 is 0 Å². The Morgan fingerprint density at radius 2 is 1.52 bits per heavy atom. The highest BCUT2D eigenvalue weighted by atomic mass is 32.2. The highest BCUT2D eigenvalue weighted by Gasteiger charge is 2.29. The van der Waals surface area contributed by atoms with Crippen molar-refractivity contribution in [3.63, 3.8) is 0 Å². The molecular formula is C23H33N3O4S. The third kappa shape index (κ3) is 6.62. The summed E-state index contributed by atoms with van der Waals surface area (Å²) in [6.07, 6.45) is 1.10. The molecule has 170 valence electrons. The number of nitrogens with one attached hydrogen (secondary N) is 1. The zero-order chi connectivity index (χ0) is 23.0. The fourth-order valence-corrected chi connectivity index (χ4v) is 4.59. The Kier molecular flexibility index (Phi) is 8.74. The molecule has 0 bridgehead atoms. The molecule has 2 rings (SSSR count). The van der Waals surface area contributed by atoms with Crippen LogP contribution in [0.4, 0.5) is 11.4 Å². The lowest BCUT2D eigenvalue weighted by atomic mass is 10.2. The maximum absolute atomic E-state index is 12.8. The molecule has 8 heteroatoms. The molecule has 0 aliphatic carbocycles. The van der Waals surface area contributed by atoms with Gasteiger partial charge in [-0.2, -0.15) is 0 Å². The van der Waals surface area contributed by atoms with Gasteiger partial charge in [-0.1, -0.05) is 12.1 Å². The first-order valence-corrected chi connectivity index (χ1v) is 12.4. The second-order valence-electron chi connectivity index (χ2n) is 7.22. The van der Waals surface area contributed by atoms with E-state index in [-0.39, 0.29) is 5.91 Å². The second kappa shape index (κ2) is 11.0. The lowest BCUT2D eigenvalue weighted by molar-refractivity contribution is -0.122. The zero-order valence-electron chi connectivity index (χ0n) is 19.0. The van der Waals surface area contributed by atoms with Crippen molar-refractivity contribution in [1.82, 2.24) is 5.32 Å². The van der Waals surface area contributed by atoms with Crippen LogP contribution in [0.25, 0.3) is 0 Å². The van der Waals surface area contributed by atoms with E-state index < -0.39 is 16.1 Å². The molecule has 1 unspecified atom stereocenters. The van der Waals surface area contributed by atoms with Gasteiger partial charge in [-0.05, 0) is 69.7 Å². The van der Waals surface area contributed by atoms with Gasteiger partial charge in [0.2, 0.25) is 15.9 Å². The van der Waals surface area contributed by atoms with Crippen molar-refractivity contribution in [3.8, 4) is 5.75 Å². The van der Waals surface area contributed by atoms with E-state index >= 15 is 0 Å². The van der Waals surface area contributed by atoms with E-state index in [0.717, 1.165) is 34.9 Å². The highest BCUT2D eigenvalue weighted by molar-refractivity contribution is 7.92. The maximum atomic E-state index is 12.8. The molecule has 7 nitrogen and oxygen atoms in total. The quantitative estimate of drug-likeness (QED) is 0.571. The number of carbonyl (C=O) groups is 1. The summed E-state index contributed by atoms with van der Waals surface area (Å²) < 4.78 is 31.4. The standard InChI is InChI=1S/C23H33N3O4S/c1-6-25(7-2)20-11-9-19(10-12-20)17-24-23(27)18(4)26(31(5,28)29)21-13-15-22(16-14-21)30-8-3/h9-16,18H,6-8,17H2,1-5H3,(H,24,27). The Bertz CT molecular complexity index is 940. The average molecular weight is 448 g/mol. The lowest BCUT2D eigenvalue weighted by Crippen LogP contribution is -2.47. The van der Waals surface area contributed by atoms with Crippen molar-refractivity contribution in [2.24, 2.45) is 0 Å². The normalized spacial score (nSPS) is 12.2. The van der Waals surface area contributed by atoms with E-state index in [1.165, 1.54) is 0 Å². The molecule has 0 spiro atoms. The number of anilines is 2. The fraction of sp³-hybridized carbons (Fsp3) is 0.435. The van der Waals surface area contributed by atoms with Gasteiger partial charge in [-0.3, -0.25) is 9.10 Å². The minimum absolute atomic E-state index is 0.322. The van der Waals surface area contributed by atoms with Crippen molar-refractivity contribution >= 4 is 27.3 Å². The van der Waals surface area contributed by atoms with Crippen LogP contribution in [0.2, 0.25) is 0 Å². The molecule has 31 heavy (non-hydrogen) atoms. The molecule has 0 aromatic heterocycles. The smallest absolute Gasteiger partial charge is 0.243 e. The van der Waals surface area contributed by atoms with E-state index in [4.69, 9.17) is 4.74 Å². The summed E-state index contributed by atoms with van der Waals surface area (Å²) >= 11 is 0. The van der Waals surface area contributed by atoms with E-state index in [0.29, 0.717) is 24.6 Å². The summed E-state index contributed by atoms with van der Waals surface area (Å²) in [5.74, 6) is 0.275. The Hall–Kier alpha value is -2.74. The largest absolute Gasteiger partial charge is 0.494 e. The Balaban J connectivity index is 2.09. The van der Waals surface area contributed by atoms with E-state index in [9.17, 15) is 13.2 Å². The summed E-state index contributed by atoms with van der Waals surface area (Å²) in [5.41, 5.74) is 2.49. The van der Waals surface area contributed by atoms with E-state index in [2.05, 4.69) is 24.1 Å². The monoisotopic (exact) mass is 447 g/mol. The molecule has 0 saturated carbocycles. The van der Waals surface area contributed by atoms with Gasteiger partial charge in [0.05, 0.1) is 18.6 Å². The van der Waals surface area contributed by atoms with Crippen molar-refractivity contribution < 1.29 is 17.9 Å². The molecule has 0 aliphatic rings. The first-order chi connectivity index (χ1) is 14.7. The van der Waals surface area contributed by atoms with Crippen LogP contribution in [0.5, 0.6) is 5.75 Å². The SMILES string of the molecule is CCOc1ccc(N(C(C)C(=O)NCc2ccc(N(CC)CC)cc2)S(C)(=O)=O)cc1. The van der Waals surface area contributed by atoms with Gasteiger partial charge < -0.3 is 15.0 Å². The van der Waals surface area contributed by atoms with Crippen LogP contribution in [-0.4, -0.2) is 46.3 Å². The van der Waals surface area contributed by atoms with Gasteiger partial charge in [0.15, 0.2) is 0 Å². The van der Waals surface area contributed by atoms with Gasteiger partial charge in [0.25, 0.3) is 0 Å². The average Bonchev–Trinajstić information content (AvgIpc) is 2.74. The van der Waals surface area contributed by atoms with Crippen molar-refractivity contribution in [1.29, 1.82) is 0 Å². The van der Waals surface area contributed by atoms with Gasteiger partial charge >= 0.3 is 0 Å². The summed E-state index contributed by atoms with van der Waals surface area (Å²) in [6, 6.07) is 13.8. The molecule has 1 N–H and O–H groups in total. The number of hydrogen-bond donors (Lipinski definition) is 1. The number of ether oxygens (including phenoxy) is 1. The molecule has 0 fully saturated rings. The molecular weight excluding hydrogens is 414 g/mol. The summed E-state index contributed by atoms with van der Waals surface area (Å²) in [4.78, 5) is 15.0. The first-order valence-electron chi connectivity index (χ1n) is 10.5. The van der Waals surface area contributed by atoms with Crippen molar-refractivity contribution in [2.75, 3.05) is 35.2 Å². The van der Waals surface area contributed by atoms with Gasteiger partial charge in [0, 0.05) is 25.3 Å². The predicted molar refractivity (Wildman–Crippen MR) is 126 cm³/mol. The van der Waals surface area contributed by atoms with E-state index in [1.54, 1.807) is 31.2 Å². The minimum Gasteiger partial charge on any atom is -0.494 e. The third-order valence-electron chi connectivity index (χ3n) is 5.02. The topological polar surface area (TPSA) is 79.0 Å². The van der Waals surface area contributed by atoms with Crippen LogP contribution < -0.4 is 19.3 Å². The number of amides is 1. The molecule has 0 heterocycles. The highest BCUT2D eigenvalue weighted by Crippen LogP contribution is 2.24. The van der Waals surface area contributed by atoms with Crippen LogP contribution in [0, 0.1) is 0 Å². The molecule has 0 radical (unpaired) electrons. The van der Waals surface area contributed by atoms with Gasteiger partial charge in [-0.25, -0.2) is 8.42 Å². The number of hydrogen-bond acceptors (Lipinski definition) is 5. The summed E-state index contributed by atoms with van der Waals surface area (Å²) in [6.45, 7) is 10.4. The Labute approximate surface area is 186 Å².